The molecule has 1 heterocycles. The van der Waals surface area contributed by atoms with Gasteiger partial charge in [0.25, 0.3) is 0 Å². The third-order valence-corrected chi connectivity index (χ3v) is 2.98. The largest absolute Gasteiger partial charge is 0.396 e. The molecule has 2 heteroatoms. The van der Waals surface area contributed by atoms with Gasteiger partial charge in [-0.2, -0.15) is 0 Å². The highest BCUT2D eigenvalue weighted by Crippen LogP contribution is 2.30. The maximum atomic E-state index is 8.69. The van der Waals surface area contributed by atoms with Crippen LogP contribution in [0.5, 0.6) is 0 Å². The summed E-state index contributed by atoms with van der Waals surface area (Å²) in [6.07, 6.45) is 3.70. The Balaban J connectivity index is 2.25. The Labute approximate surface area is 74.9 Å². The van der Waals surface area contributed by atoms with E-state index in [9.17, 15) is 0 Å². The Morgan fingerprint density at radius 3 is 2.83 bits per heavy atom. The maximum absolute atomic E-state index is 8.69. The smallest absolute Gasteiger partial charge is 0.0578 e. The molecule has 1 aliphatic heterocycles. The fraction of sp³-hybridized carbons (Fsp3) is 1.00. The van der Waals surface area contributed by atoms with Crippen LogP contribution in [0.25, 0.3) is 0 Å². The molecule has 0 aromatic rings. The van der Waals surface area contributed by atoms with Crippen LogP contribution in [0.1, 0.15) is 33.1 Å². The highest BCUT2D eigenvalue weighted by atomic mass is 16.5. The zero-order valence-corrected chi connectivity index (χ0v) is 8.12. The van der Waals surface area contributed by atoms with Crippen molar-refractivity contribution in [3.63, 3.8) is 0 Å². The molecule has 3 unspecified atom stereocenters. The van der Waals surface area contributed by atoms with Gasteiger partial charge in [0.15, 0.2) is 0 Å². The highest BCUT2D eigenvalue weighted by molar-refractivity contribution is 4.77. The predicted molar refractivity (Wildman–Crippen MR) is 49.0 cm³/mol. The Hall–Kier alpha value is -0.0800. The van der Waals surface area contributed by atoms with E-state index in [4.69, 9.17) is 9.84 Å². The molecule has 0 aliphatic carbocycles. The zero-order valence-electron chi connectivity index (χ0n) is 8.12. The Kier molecular flexibility index (Phi) is 4.02. The fourth-order valence-electron chi connectivity index (χ4n) is 2.12. The molecule has 1 aliphatic rings. The summed E-state index contributed by atoms with van der Waals surface area (Å²) in [4.78, 5) is 0. The van der Waals surface area contributed by atoms with Gasteiger partial charge in [0, 0.05) is 13.2 Å². The molecule has 3 atom stereocenters. The van der Waals surface area contributed by atoms with Crippen molar-refractivity contribution in [1.82, 2.24) is 0 Å². The Morgan fingerprint density at radius 2 is 2.33 bits per heavy atom. The predicted octanol–water partition coefficient (Wildman–Crippen LogP) is 1.82. The standard InChI is InChI=1S/C10H20O2/c1-8(4-3-6-11)10-5-7-12-9(10)2/h8-11H,3-7H2,1-2H3. The second-order valence-corrected chi connectivity index (χ2v) is 3.87. The molecular weight excluding hydrogens is 152 g/mol. The van der Waals surface area contributed by atoms with Crippen LogP contribution in [0.4, 0.5) is 0 Å². The first-order valence-corrected chi connectivity index (χ1v) is 4.98. The van der Waals surface area contributed by atoms with Crippen LogP contribution >= 0.6 is 0 Å². The third-order valence-electron chi connectivity index (χ3n) is 2.98. The van der Waals surface area contributed by atoms with Gasteiger partial charge in [-0.3, -0.25) is 0 Å². The molecule has 0 aromatic heterocycles. The molecule has 1 rings (SSSR count). The average molecular weight is 172 g/mol. The van der Waals surface area contributed by atoms with Crippen molar-refractivity contribution in [2.24, 2.45) is 11.8 Å². The van der Waals surface area contributed by atoms with Crippen molar-refractivity contribution < 1.29 is 9.84 Å². The van der Waals surface area contributed by atoms with Crippen molar-refractivity contribution in [1.29, 1.82) is 0 Å². The monoisotopic (exact) mass is 172 g/mol. The van der Waals surface area contributed by atoms with Crippen LogP contribution in [-0.2, 0) is 4.74 Å². The van der Waals surface area contributed by atoms with Gasteiger partial charge in [-0.05, 0) is 38.0 Å². The van der Waals surface area contributed by atoms with Crippen LogP contribution < -0.4 is 0 Å². The molecule has 72 valence electrons. The van der Waals surface area contributed by atoms with Gasteiger partial charge in [0.05, 0.1) is 6.10 Å². The zero-order chi connectivity index (χ0) is 8.97. The van der Waals surface area contributed by atoms with Crippen LogP contribution in [0.3, 0.4) is 0 Å². The Bertz CT molecular complexity index is 125. The second-order valence-electron chi connectivity index (χ2n) is 3.87. The number of hydrogen-bond acceptors (Lipinski definition) is 2. The number of hydrogen-bond donors (Lipinski definition) is 1. The first kappa shape index (κ1) is 10.0. The summed E-state index contributed by atoms with van der Waals surface area (Å²) in [5, 5.41) is 8.69. The molecule has 0 radical (unpaired) electrons. The van der Waals surface area contributed by atoms with Crippen LogP contribution in [0.2, 0.25) is 0 Å². The number of aliphatic hydroxyl groups is 1. The number of aliphatic hydroxyl groups excluding tert-OH is 1. The molecule has 2 nitrogen and oxygen atoms in total. The maximum Gasteiger partial charge on any atom is 0.0578 e. The fourth-order valence-corrected chi connectivity index (χ4v) is 2.12. The lowest BCUT2D eigenvalue weighted by Crippen LogP contribution is -2.19. The number of ether oxygens (including phenoxy) is 1. The molecule has 0 amide bonds. The molecule has 0 spiro atoms. The van der Waals surface area contributed by atoms with E-state index in [1.54, 1.807) is 0 Å². The average Bonchev–Trinajstić information content (AvgIpc) is 2.47. The van der Waals surface area contributed by atoms with E-state index in [0.29, 0.717) is 18.6 Å². The lowest BCUT2D eigenvalue weighted by atomic mass is 9.86. The quantitative estimate of drug-likeness (QED) is 0.701. The number of rotatable bonds is 4. The second kappa shape index (κ2) is 4.83. The van der Waals surface area contributed by atoms with Crippen LogP contribution in [0, 0.1) is 11.8 Å². The first-order chi connectivity index (χ1) is 5.75. The normalized spacial score (nSPS) is 32.2. The minimum absolute atomic E-state index is 0.326. The van der Waals surface area contributed by atoms with Crippen molar-refractivity contribution >= 4 is 0 Å². The summed E-state index contributed by atoms with van der Waals surface area (Å²) in [7, 11) is 0. The SMILES string of the molecule is CC(CCCO)C1CCOC1C. The summed E-state index contributed by atoms with van der Waals surface area (Å²) in [5.41, 5.74) is 0. The van der Waals surface area contributed by atoms with E-state index in [1.807, 2.05) is 0 Å². The molecule has 0 saturated carbocycles. The molecule has 1 N–H and O–H groups in total. The van der Waals surface area contributed by atoms with E-state index in [1.165, 1.54) is 6.42 Å². The molecule has 1 fully saturated rings. The van der Waals surface area contributed by atoms with E-state index >= 15 is 0 Å². The molecule has 12 heavy (non-hydrogen) atoms. The van der Waals surface area contributed by atoms with Gasteiger partial charge in [-0.15, -0.1) is 0 Å². The minimum Gasteiger partial charge on any atom is -0.396 e. The topological polar surface area (TPSA) is 29.5 Å². The van der Waals surface area contributed by atoms with E-state index in [2.05, 4.69) is 13.8 Å². The van der Waals surface area contributed by atoms with Gasteiger partial charge in [0.2, 0.25) is 0 Å². The van der Waals surface area contributed by atoms with Crippen LogP contribution in [-0.4, -0.2) is 24.4 Å². The van der Waals surface area contributed by atoms with Gasteiger partial charge in [0.1, 0.15) is 0 Å². The van der Waals surface area contributed by atoms with Crippen molar-refractivity contribution in [3.05, 3.63) is 0 Å². The van der Waals surface area contributed by atoms with Gasteiger partial charge < -0.3 is 9.84 Å². The van der Waals surface area contributed by atoms with Crippen molar-refractivity contribution in [3.8, 4) is 0 Å². The van der Waals surface area contributed by atoms with Crippen molar-refractivity contribution in [2.75, 3.05) is 13.2 Å². The molecular formula is C10H20O2. The van der Waals surface area contributed by atoms with Gasteiger partial charge >= 0.3 is 0 Å². The summed E-state index contributed by atoms with van der Waals surface area (Å²) in [6.45, 7) is 5.68. The van der Waals surface area contributed by atoms with Gasteiger partial charge in [-0.25, -0.2) is 0 Å². The summed E-state index contributed by atoms with van der Waals surface area (Å²) in [5.74, 6) is 1.42. The lowest BCUT2D eigenvalue weighted by molar-refractivity contribution is 0.0894. The van der Waals surface area contributed by atoms with Gasteiger partial charge in [-0.1, -0.05) is 6.92 Å². The molecule has 0 aromatic carbocycles. The summed E-state index contributed by atoms with van der Waals surface area (Å²) in [6, 6.07) is 0. The molecule has 1 saturated heterocycles. The third kappa shape index (κ3) is 2.46. The first-order valence-electron chi connectivity index (χ1n) is 4.98. The van der Waals surface area contributed by atoms with E-state index in [0.717, 1.165) is 25.4 Å². The van der Waals surface area contributed by atoms with Crippen molar-refractivity contribution in [2.45, 2.75) is 39.2 Å². The Morgan fingerprint density at radius 1 is 1.58 bits per heavy atom. The van der Waals surface area contributed by atoms with E-state index < -0.39 is 0 Å². The minimum atomic E-state index is 0.326. The summed E-state index contributed by atoms with van der Waals surface area (Å²) >= 11 is 0. The van der Waals surface area contributed by atoms with E-state index in [-0.39, 0.29) is 0 Å². The van der Waals surface area contributed by atoms with Crippen LogP contribution in [0.15, 0.2) is 0 Å². The molecule has 0 bridgehead atoms. The lowest BCUT2D eigenvalue weighted by Gasteiger charge is -2.21. The summed E-state index contributed by atoms with van der Waals surface area (Å²) < 4.78 is 5.50. The highest BCUT2D eigenvalue weighted by Gasteiger charge is 2.28.